The number of rotatable bonds is 4. The van der Waals surface area contributed by atoms with Gasteiger partial charge in [-0.1, -0.05) is 28.9 Å². The number of hydrogen-bond acceptors (Lipinski definition) is 4. The Labute approximate surface area is 94.9 Å². The molecular weight excluding hydrogens is 206 g/mol. The van der Waals surface area contributed by atoms with Crippen LogP contribution in [0.5, 0.6) is 0 Å². The molecule has 0 aliphatic rings. The second kappa shape index (κ2) is 5.90. The van der Waals surface area contributed by atoms with Crippen LogP contribution >= 0.6 is 0 Å². The van der Waals surface area contributed by atoms with Crippen molar-refractivity contribution in [2.45, 2.75) is 13.8 Å². The van der Waals surface area contributed by atoms with E-state index in [1.54, 1.807) is 13.0 Å². The van der Waals surface area contributed by atoms with Gasteiger partial charge < -0.3 is 9.57 Å². The molecule has 16 heavy (non-hydrogen) atoms. The van der Waals surface area contributed by atoms with Gasteiger partial charge in [0.2, 0.25) is 0 Å². The summed E-state index contributed by atoms with van der Waals surface area (Å²) in [6, 6.07) is 7.45. The zero-order valence-corrected chi connectivity index (χ0v) is 9.69. The fourth-order valence-electron chi connectivity index (χ4n) is 1.29. The van der Waals surface area contributed by atoms with Crippen LogP contribution in [0, 0.1) is 6.92 Å². The van der Waals surface area contributed by atoms with E-state index in [0.29, 0.717) is 12.2 Å². The molecule has 0 aliphatic carbocycles. The standard InChI is InChI=1S/C12H15NO3/c1-4-16-12(14)11(13-15-3)10-7-5-6-9(2)8-10/h5-8H,4H2,1-3H3/b13-11-. The van der Waals surface area contributed by atoms with E-state index in [1.165, 1.54) is 7.11 Å². The minimum absolute atomic E-state index is 0.188. The zero-order valence-electron chi connectivity index (χ0n) is 9.69. The van der Waals surface area contributed by atoms with E-state index in [-0.39, 0.29) is 5.71 Å². The molecule has 0 spiro atoms. The van der Waals surface area contributed by atoms with Crippen molar-refractivity contribution in [2.24, 2.45) is 5.16 Å². The molecule has 1 aromatic carbocycles. The summed E-state index contributed by atoms with van der Waals surface area (Å²) in [5.41, 5.74) is 1.93. The topological polar surface area (TPSA) is 47.9 Å². The third kappa shape index (κ3) is 3.08. The summed E-state index contributed by atoms with van der Waals surface area (Å²) in [5.74, 6) is -0.477. The molecule has 0 heterocycles. The molecule has 1 aromatic rings. The van der Waals surface area contributed by atoms with Crippen LogP contribution in [0.2, 0.25) is 0 Å². The molecule has 0 aromatic heterocycles. The first-order valence-corrected chi connectivity index (χ1v) is 5.04. The summed E-state index contributed by atoms with van der Waals surface area (Å²) < 4.78 is 4.90. The summed E-state index contributed by atoms with van der Waals surface area (Å²) in [4.78, 5) is 16.3. The molecule has 4 heteroatoms. The number of hydrogen-bond donors (Lipinski definition) is 0. The molecule has 0 radical (unpaired) electrons. The minimum Gasteiger partial charge on any atom is -0.461 e. The fourth-order valence-corrected chi connectivity index (χ4v) is 1.29. The van der Waals surface area contributed by atoms with E-state index in [0.717, 1.165) is 5.56 Å². The SMILES string of the molecule is CCOC(=O)/C(=N\OC)c1cccc(C)c1. The van der Waals surface area contributed by atoms with Crippen LogP contribution in [-0.2, 0) is 14.4 Å². The summed E-state index contributed by atoms with van der Waals surface area (Å²) in [6.45, 7) is 4.00. The Kier molecular flexibility index (Phi) is 4.51. The van der Waals surface area contributed by atoms with Gasteiger partial charge in [-0.25, -0.2) is 4.79 Å². The Hall–Kier alpha value is -1.84. The maximum absolute atomic E-state index is 11.6. The monoisotopic (exact) mass is 221 g/mol. The molecule has 0 saturated carbocycles. The van der Waals surface area contributed by atoms with Crippen molar-refractivity contribution >= 4 is 11.7 Å². The van der Waals surface area contributed by atoms with Crippen LogP contribution in [0.25, 0.3) is 0 Å². The van der Waals surface area contributed by atoms with E-state index in [1.807, 2.05) is 25.1 Å². The lowest BCUT2D eigenvalue weighted by atomic mass is 10.1. The largest absolute Gasteiger partial charge is 0.461 e. The van der Waals surface area contributed by atoms with Gasteiger partial charge in [0.1, 0.15) is 7.11 Å². The highest BCUT2D eigenvalue weighted by atomic mass is 16.6. The van der Waals surface area contributed by atoms with Crippen molar-refractivity contribution in [1.82, 2.24) is 0 Å². The number of carbonyl (C=O) groups excluding carboxylic acids is 1. The normalized spacial score (nSPS) is 11.1. The van der Waals surface area contributed by atoms with Gasteiger partial charge in [-0.2, -0.15) is 0 Å². The quantitative estimate of drug-likeness (QED) is 0.443. The average molecular weight is 221 g/mol. The molecular formula is C12H15NO3. The molecule has 4 nitrogen and oxygen atoms in total. The lowest BCUT2D eigenvalue weighted by molar-refractivity contribution is -0.135. The number of nitrogens with zero attached hydrogens (tertiary/aromatic N) is 1. The molecule has 1 rings (SSSR count). The third-order valence-corrected chi connectivity index (χ3v) is 1.94. The lowest BCUT2D eigenvalue weighted by Gasteiger charge is -2.05. The van der Waals surface area contributed by atoms with Crippen molar-refractivity contribution in [2.75, 3.05) is 13.7 Å². The molecule has 0 atom stereocenters. The van der Waals surface area contributed by atoms with Gasteiger partial charge in [-0.15, -0.1) is 0 Å². The van der Waals surface area contributed by atoms with Crippen molar-refractivity contribution in [3.05, 3.63) is 35.4 Å². The Bertz CT molecular complexity index is 399. The Morgan fingerprint density at radius 1 is 1.44 bits per heavy atom. The van der Waals surface area contributed by atoms with Crippen LogP contribution < -0.4 is 0 Å². The highest BCUT2D eigenvalue weighted by Crippen LogP contribution is 2.07. The molecule has 0 saturated heterocycles. The number of aryl methyl sites for hydroxylation is 1. The smallest absolute Gasteiger partial charge is 0.361 e. The molecule has 0 aliphatic heterocycles. The maximum atomic E-state index is 11.6. The second-order valence-electron chi connectivity index (χ2n) is 3.21. The molecule has 0 bridgehead atoms. The van der Waals surface area contributed by atoms with Gasteiger partial charge in [-0.05, 0) is 19.9 Å². The molecule has 0 amide bonds. The van der Waals surface area contributed by atoms with Crippen molar-refractivity contribution < 1.29 is 14.4 Å². The summed E-state index contributed by atoms with van der Waals surface area (Å²) in [5, 5.41) is 3.70. The Morgan fingerprint density at radius 3 is 2.75 bits per heavy atom. The van der Waals surface area contributed by atoms with E-state index >= 15 is 0 Å². The first-order valence-electron chi connectivity index (χ1n) is 5.04. The number of oxime groups is 1. The van der Waals surface area contributed by atoms with Crippen LogP contribution in [0.1, 0.15) is 18.1 Å². The Balaban J connectivity index is 3.03. The van der Waals surface area contributed by atoms with E-state index in [4.69, 9.17) is 4.74 Å². The summed E-state index contributed by atoms with van der Waals surface area (Å²) in [6.07, 6.45) is 0. The highest BCUT2D eigenvalue weighted by Gasteiger charge is 2.16. The van der Waals surface area contributed by atoms with Gasteiger partial charge in [0.15, 0.2) is 5.71 Å². The predicted molar refractivity (Wildman–Crippen MR) is 61.4 cm³/mol. The van der Waals surface area contributed by atoms with Crippen molar-refractivity contribution in [1.29, 1.82) is 0 Å². The van der Waals surface area contributed by atoms with E-state index in [9.17, 15) is 4.79 Å². The van der Waals surface area contributed by atoms with Gasteiger partial charge in [-0.3, -0.25) is 0 Å². The molecule has 86 valence electrons. The molecule has 0 fully saturated rings. The van der Waals surface area contributed by atoms with Crippen molar-refractivity contribution in [3.63, 3.8) is 0 Å². The summed E-state index contributed by atoms with van der Waals surface area (Å²) >= 11 is 0. The summed E-state index contributed by atoms with van der Waals surface area (Å²) in [7, 11) is 1.40. The van der Waals surface area contributed by atoms with Crippen LogP contribution in [0.15, 0.2) is 29.4 Å². The maximum Gasteiger partial charge on any atom is 0.361 e. The average Bonchev–Trinajstić information content (AvgIpc) is 2.26. The second-order valence-corrected chi connectivity index (χ2v) is 3.21. The van der Waals surface area contributed by atoms with Gasteiger partial charge in [0, 0.05) is 5.56 Å². The third-order valence-electron chi connectivity index (χ3n) is 1.94. The van der Waals surface area contributed by atoms with E-state index in [2.05, 4.69) is 9.99 Å². The minimum atomic E-state index is -0.477. The predicted octanol–water partition coefficient (Wildman–Crippen LogP) is 1.91. The van der Waals surface area contributed by atoms with Crippen LogP contribution in [0.4, 0.5) is 0 Å². The fraction of sp³-hybridized carbons (Fsp3) is 0.333. The van der Waals surface area contributed by atoms with Crippen LogP contribution in [0.3, 0.4) is 0 Å². The Morgan fingerprint density at radius 2 is 2.19 bits per heavy atom. The first-order chi connectivity index (χ1) is 7.69. The first kappa shape index (κ1) is 12.2. The molecule has 0 N–H and O–H groups in total. The number of esters is 1. The number of carbonyl (C=O) groups is 1. The zero-order chi connectivity index (χ0) is 12.0. The van der Waals surface area contributed by atoms with Gasteiger partial charge in [0.05, 0.1) is 6.61 Å². The number of ether oxygens (including phenoxy) is 1. The molecule has 0 unspecified atom stereocenters. The van der Waals surface area contributed by atoms with Gasteiger partial charge in [0.25, 0.3) is 0 Å². The highest BCUT2D eigenvalue weighted by molar-refractivity contribution is 6.43. The van der Waals surface area contributed by atoms with Crippen molar-refractivity contribution in [3.8, 4) is 0 Å². The number of benzene rings is 1. The van der Waals surface area contributed by atoms with Gasteiger partial charge >= 0.3 is 5.97 Å². The lowest BCUT2D eigenvalue weighted by Crippen LogP contribution is -2.19. The van der Waals surface area contributed by atoms with E-state index < -0.39 is 5.97 Å². The van der Waals surface area contributed by atoms with Crippen LogP contribution in [-0.4, -0.2) is 25.4 Å².